The van der Waals surface area contributed by atoms with E-state index < -0.39 is 24.0 Å². The fourth-order valence-electron chi connectivity index (χ4n) is 2.41. The zero-order valence-electron chi connectivity index (χ0n) is 15.3. The quantitative estimate of drug-likeness (QED) is 0.632. The van der Waals surface area contributed by atoms with Gasteiger partial charge in [-0.15, -0.1) is 0 Å². The third-order valence-electron chi connectivity index (χ3n) is 3.51. The zero-order chi connectivity index (χ0) is 18.9. The first kappa shape index (κ1) is 22.6. The standard InChI is InChI=1S/C13H16F4N2O.2C2H6/c1-7-11(14)12(19-8(2)18-7)20-10-5-3-9(4-6-10)13(15,16)17;2*1-2/h9-10H,3-6H2,1-2H3;2*1-2H3. The second-order valence-corrected chi connectivity index (χ2v) is 5.11. The van der Waals surface area contributed by atoms with Crippen LogP contribution in [0.1, 0.15) is 64.9 Å². The van der Waals surface area contributed by atoms with E-state index in [0.717, 1.165) is 0 Å². The van der Waals surface area contributed by atoms with Crippen LogP contribution in [-0.4, -0.2) is 22.2 Å². The largest absolute Gasteiger partial charge is 0.472 e. The Balaban J connectivity index is 0.00000123. The molecular weight excluding hydrogens is 324 g/mol. The number of alkyl halides is 3. The van der Waals surface area contributed by atoms with Gasteiger partial charge >= 0.3 is 6.18 Å². The monoisotopic (exact) mass is 352 g/mol. The van der Waals surface area contributed by atoms with Gasteiger partial charge in [-0.05, 0) is 39.5 Å². The lowest BCUT2D eigenvalue weighted by Crippen LogP contribution is -2.32. The summed E-state index contributed by atoms with van der Waals surface area (Å²) in [6.45, 7) is 11.1. The second-order valence-electron chi connectivity index (χ2n) is 5.11. The van der Waals surface area contributed by atoms with Gasteiger partial charge in [-0.1, -0.05) is 27.7 Å². The highest BCUT2D eigenvalue weighted by atomic mass is 19.4. The van der Waals surface area contributed by atoms with E-state index >= 15 is 0 Å². The molecule has 1 aromatic rings. The smallest absolute Gasteiger partial charge is 0.391 e. The van der Waals surface area contributed by atoms with Crippen molar-refractivity contribution in [2.75, 3.05) is 0 Å². The van der Waals surface area contributed by atoms with Gasteiger partial charge in [0.05, 0.1) is 11.6 Å². The zero-order valence-corrected chi connectivity index (χ0v) is 15.3. The molecule has 0 N–H and O–H groups in total. The van der Waals surface area contributed by atoms with Crippen LogP contribution in [0.4, 0.5) is 17.6 Å². The highest BCUT2D eigenvalue weighted by molar-refractivity contribution is 5.18. The summed E-state index contributed by atoms with van der Waals surface area (Å²) in [7, 11) is 0. The Morgan fingerprint density at radius 2 is 1.42 bits per heavy atom. The van der Waals surface area contributed by atoms with Crippen LogP contribution in [0.2, 0.25) is 0 Å². The lowest BCUT2D eigenvalue weighted by atomic mass is 9.87. The fourth-order valence-corrected chi connectivity index (χ4v) is 2.41. The molecule has 24 heavy (non-hydrogen) atoms. The third kappa shape index (κ3) is 6.61. The minimum Gasteiger partial charge on any atom is -0.472 e. The molecule has 0 atom stereocenters. The number of ether oxygens (including phenoxy) is 1. The van der Waals surface area contributed by atoms with Crippen LogP contribution in [-0.2, 0) is 0 Å². The van der Waals surface area contributed by atoms with Gasteiger partial charge in [0.2, 0.25) is 5.82 Å². The molecular formula is C17H28F4N2O. The SMILES string of the molecule is CC.CC.Cc1nc(C)c(F)c(OC2CCC(C(F)(F)F)CC2)n1. The van der Waals surface area contributed by atoms with Crippen molar-refractivity contribution in [3.8, 4) is 5.88 Å². The van der Waals surface area contributed by atoms with E-state index in [2.05, 4.69) is 9.97 Å². The summed E-state index contributed by atoms with van der Waals surface area (Å²) >= 11 is 0. The van der Waals surface area contributed by atoms with Crippen molar-refractivity contribution in [1.29, 1.82) is 0 Å². The summed E-state index contributed by atoms with van der Waals surface area (Å²) < 4.78 is 56.8. The van der Waals surface area contributed by atoms with Crippen LogP contribution >= 0.6 is 0 Å². The summed E-state index contributed by atoms with van der Waals surface area (Å²) in [5, 5.41) is 0. The molecule has 7 heteroatoms. The Kier molecular flexibility index (Phi) is 9.85. The minimum atomic E-state index is -4.15. The van der Waals surface area contributed by atoms with Crippen molar-refractivity contribution in [2.24, 2.45) is 5.92 Å². The predicted molar refractivity (Wildman–Crippen MR) is 86.6 cm³/mol. The Morgan fingerprint density at radius 3 is 1.88 bits per heavy atom. The maximum Gasteiger partial charge on any atom is 0.391 e. The van der Waals surface area contributed by atoms with E-state index in [0.29, 0.717) is 5.82 Å². The molecule has 1 aliphatic carbocycles. The van der Waals surface area contributed by atoms with Gasteiger partial charge in [-0.2, -0.15) is 22.5 Å². The highest BCUT2D eigenvalue weighted by Gasteiger charge is 2.41. The number of halogens is 4. The first-order valence-corrected chi connectivity index (χ1v) is 8.51. The van der Waals surface area contributed by atoms with E-state index in [1.165, 1.54) is 6.92 Å². The summed E-state index contributed by atoms with van der Waals surface area (Å²) in [6, 6.07) is 0. The molecule has 140 valence electrons. The van der Waals surface area contributed by atoms with E-state index in [1.807, 2.05) is 27.7 Å². The third-order valence-corrected chi connectivity index (χ3v) is 3.51. The molecule has 0 unspecified atom stereocenters. The van der Waals surface area contributed by atoms with Crippen LogP contribution in [0.25, 0.3) is 0 Å². The van der Waals surface area contributed by atoms with Gasteiger partial charge in [0.25, 0.3) is 5.88 Å². The maximum absolute atomic E-state index is 13.8. The molecule has 1 aliphatic rings. The Hall–Kier alpha value is -1.40. The predicted octanol–water partition coefficient (Wildman–Crippen LogP) is 5.78. The molecule has 3 nitrogen and oxygen atoms in total. The van der Waals surface area contributed by atoms with Gasteiger partial charge in [0.15, 0.2) is 0 Å². The normalized spacial score (nSPS) is 20.2. The summed E-state index contributed by atoms with van der Waals surface area (Å²) in [5.41, 5.74) is 0.177. The molecule has 1 saturated carbocycles. The van der Waals surface area contributed by atoms with Crippen LogP contribution in [0, 0.1) is 25.6 Å². The van der Waals surface area contributed by atoms with E-state index in [1.54, 1.807) is 6.92 Å². The number of aryl methyl sites for hydroxylation is 2. The molecule has 1 aromatic heterocycles. The van der Waals surface area contributed by atoms with Gasteiger partial charge in [-0.25, -0.2) is 4.98 Å². The van der Waals surface area contributed by atoms with Crippen molar-refractivity contribution in [1.82, 2.24) is 9.97 Å². The molecule has 2 rings (SSSR count). The second kappa shape index (κ2) is 10.5. The van der Waals surface area contributed by atoms with Crippen molar-refractivity contribution in [3.05, 3.63) is 17.3 Å². The molecule has 1 fully saturated rings. The fraction of sp³-hybridized carbons (Fsp3) is 0.765. The van der Waals surface area contributed by atoms with Crippen molar-refractivity contribution >= 4 is 0 Å². The Bertz CT molecular complexity index is 484. The molecule has 0 aliphatic heterocycles. The number of hydrogen-bond donors (Lipinski definition) is 0. The first-order chi connectivity index (χ1) is 11.3. The number of aromatic nitrogens is 2. The van der Waals surface area contributed by atoms with Gasteiger partial charge in [0.1, 0.15) is 11.9 Å². The van der Waals surface area contributed by atoms with Gasteiger partial charge in [-0.3, -0.25) is 0 Å². The molecule has 0 saturated heterocycles. The van der Waals surface area contributed by atoms with Crippen molar-refractivity contribution in [2.45, 2.75) is 79.5 Å². The Labute approximate surface area is 141 Å². The number of hydrogen-bond acceptors (Lipinski definition) is 3. The van der Waals surface area contributed by atoms with E-state index in [4.69, 9.17) is 4.74 Å². The summed E-state index contributed by atoms with van der Waals surface area (Å²) in [6.07, 6.45) is -4.04. The number of nitrogens with zero attached hydrogens (tertiary/aromatic N) is 2. The molecule has 0 aromatic carbocycles. The summed E-state index contributed by atoms with van der Waals surface area (Å²) in [5.74, 6) is -1.71. The van der Waals surface area contributed by atoms with E-state index in [9.17, 15) is 17.6 Å². The van der Waals surface area contributed by atoms with Crippen molar-refractivity contribution < 1.29 is 22.3 Å². The molecule has 1 heterocycles. The highest BCUT2D eigenvalue weighted by Crippen LogP contribution is 2.38. The average molecular weight is 352 g/mol. The Morgan fingerprint density at radius 1 is 0.917 bits per heavy atom. The van der Waals surface area contributed by atoms with Crippen molar-refractivity contribution in [3.63, 3.8) is 0 Å². The van der Waals surface area contributed by atoms with Crippen LogP contribution in [0.5, 0.6) is 5.88 Å². The molecule has 0 radical (unpaired) electrons. The lowest BCUT2D eigenvalue weighted by Gasteiger charge is -2.29. The maximum atomic E-state index is 13.8. The average Bonchev–Trinajstić information content (AvgIpc) is 2.55. The number of rotatable bonds is 2. The summed E-state index contributed by atoms with van der Waals surface area (Å²) in [4.78, 5) is 7.72. The van der Waals surface area contributed by atoms with E-state index in [-0.39, 0.29) is 37.3 Å². The van der Waals surface area contributed by atoms with Crippen LogP contribution < -0.4 is 4.74 Å². The first-order valence-electron chi connectivity index (χ1n) is 8.51. The van der Waals surface area contributed by atoms with Crippen LogP contribution in [0.3, 0.4) is 0 Å². The molecule has 0 bridgehead atoms. The lowest BCUT2D eigenvalue weighted by molar-refractivity contribution is -0.185. The molecule has 0 amide bonds. The van der Waals surface area contributed by atoms with Gasteiger partial charge < -0.3 is 4.74 Å². The minimum absolute atomic E-state index is 0.0127. The topological polar surface area (TPSA) is 35.0 Å². The van der Waals surface area contributed by atoms with Crippen LogP contribution in [0.15, 0.2) is 0 Å². The molecule has 0 spiro atoms. The van der Waals surface area contributed by atoms with Gasteiger partial charge in [0, 0.05) is 0 Å².